The molecule has 2 rings (SSSR count). The summed E-state index contributed by atoms with van der Waals surface area (Å²) >= 11 is 0. The lowest BCUT2D eigenvalue weighted by Gasteiger charge is -2.12. The first-order valence-electron chi connectivity index (χ1n) is 10.9. The van der Waals surface area contributed by atoms with Crippen LogP contribution in [0.5, 0.6) is 17.2 Å². The van der Waals surface area contributed by atoms with E-state index in [1.807, 2.05) is 0 Å². The van der Waals surface area contributed by atoms with Gasteiger partial charge < -0.3 is 23.7 Å². The first kappa shape index (κ1) is 28.0. The van der Waals surface area contributed by atoms with Crippen molar-refractivity contribution in [3.05, 3.63) is 66.8 Å². The molecule has 36 heavy (non-hydrogen) atoms. The zero-order valence-electron chi connectivity index (χ0n) is 20.5. The van der Waals surface area contributed by atoms with Gasteiger partial charge in [-0.15, -0.1) is 0 Å². The fourth-order valence-electron chi connectivity index (χ4n) is 2.67. The molecule has 0 spiro atoms. The van der Waals surface area contributed by atoms with E-state index in [1.165, 1.54) is 20.1 Å². The van der Waals surface area contributed by atoms with Crippen LogP contribution in [0, 0.1) is 0 Å². The van der Waals surface area contributed by atoms with Gasteiger partial charge in [-0.2, -0.15) is 0 Å². The largest absolute Gasteiger partial charge is 0.462 e. The lowest BCUT2D eigenvalue weighted by Crippen LogP contribution is -2.14. The molecule has 0 aliphatic carbocycles. The van der Waals surface area contributed by atoms with Crippen molar-refractivity contribution in [1.29, 1.82) is 0 Å². The molecule has 9 heteroatoms. The monoisotopic (exact) mass is 496 g/mol. The molecule has 0 aromatic heterocycles. The molecule has 0 atom stereocenters. The van der Waals surface area contributed by atoms with Gasteiger partial charge in [-0.3, -0.25) is 9.59 Å². The highest BCUT2D eigenvalue weighted by Gasteiger charge is 2.14. The van der Waals surface area contributed by atoms with Gasteiger partial charge in [0.25, 0.3) is 0 Å². The average molecular weight is 497 g/mol. The van der Waals surface area contributed by atoms with Gasteiger partial charge in [-0.05, 0) is 49.2 Å². The van der Waals surface area contributed by atoms with Gasteiger partial charge in [-0.1, -0.05) is 25.3 Å². The Kier molecular flexibility index (Phi) is 10.6. The summed E-state index contributed by atoms with van der Waals surface area (Å²) < 4.78 is 25.7. The summed E-state index contributed by atoms with van der Waals surface area (Å²) in [6, 6.07) is 11.1. The van der Waals surface area contributed by atoms with Crippen LogP contribution in [-0.2, 0) is 28.7 Å². The van der Waals surface area contributed by atoms with Crippen LogP contribution < -0.4 is 14.2 Å². The Hall–Kier alpha value is -4.24. The third-order valence-corrected chi connectivity index (χ3v) is 4.49. The molecule has 9 nitrogen and oxygen atoms in total. The molecule has 0 N–H and O–H groups in total. The fraction of sp³-hybridized carbons (Fsp3) is 0.259. The third-order valence-electron chi connectivity index (χ3n) is 4.49. The van der Waals surface area contributed by atoms with E-state index < -0.39 is 23.9 Å². The predicted octanol–water partition coefficient (Wildman–Crippen LogP) is 4.19. The number of methoxy groups -OCH3 is 1. The van der Waals surface area contributed by atoms with Crippen LogP contribution in [0.4, 0.5) is 0 Å². The number of esters is 4. The molecule has 0 bridgehead atoms. The summed E-state index contributed by atoms with van der Waals surface area (Å²) in [6.07, 6.45) is -0.151. The topological polar surface area (TPSA) is 114 Å². The lowest BCUT2D eigenvalue weighted by molar-refractivity contribution is -0.142. The van der Waals surface area contributed by atoms with Gasteiger partial charge in [0.1, 0.15) is 23.9 Å². The Morgan fingerprint density at radius 1 is 0.667 bits per heavy atom. The van der Waals surface area contributed by atoms with Crippen LogP contribution in [0.3, 0.4) is 0 Å². The second-order valence-corrected chi connectivity index (χ2v) is 7.74. The second-order valence-electron chi connectivity index (χ2n) is 7.74. The molecule has 0 aliphatic rings. The number of rotatable bonds is 12. The van der Waals surface area contributed by atoms with Crippen LogP contribution in [0.25, 0.3) is 11.1 Å². The molecule has 2 aromatic carbocycles. The summed E-state index contributed by atoms with van der Waals surface area (Å²) in [6.45, 7) is 10.1. The number of carbonyl (C=O) groups excluding carboxylic acids is 4. The van der Waals surface area contributed by atoms with Crippen LogP contribution in [0.1, 0.15) is 26.7 Å². The minimum absolute atomic E-state index is 0.0344. The van der Waals surface area contributed by atoms with Gasteiger partial charge >= 0.3 is 23.9 Å². The molecule has 0 saturated heterocycles. The quantitative estimate of drug-likeness (QED) is 0.242. The van der Waals surface area contributed by atoms with Gasteiger partial charge in [0.15, 0.2) is 0 Å². The van der Waals surface area contributed by atoms with Crippen molar-refractivity contribution in [2.75, 3.05) is 20.3 Å². The van der Waals surface area contributed by atoms with Crippen molar-refractivity contribution >= 4 is 23.9 Å². The van der Waals surface area contributed by atoms with E-state index in [4.69, 9.17) is 23.7 Å². The van der Waals surface area contributed by atoms with E-state index >= 15 is 0 Å². The molecule has 0 unspecified atom stereocenters. The van der Waals surface area contributed by atoms with E-state index in [2.05, 4.69) is 13.2 Å². The number of ether oxygens (including phenoxy) is 5. The van der Waals surface area contributed by atoms with Gasteiger partial charge in [0.05, 0.1) is 19.4 Å². The Morgan fingerprint density at radius 3 is 1.69 bits per heavy atom. The summed E-state index contributed by atoms with van der Waals surface area (Å²) in [5.41, 5.74) is 1.73. The smallest absolute Gasteiger partial charge is 0.338 e. The van der Waals surface area contributed by atoms with Crippen LogP contribution in [0.15, 0.2) is 66.8 Å². The van der Waals surface area contributed by atoms with Gasteiger partial charge in [0, 0.05) is 24.3 Å². The maximum atomic E-state index is 12.3. The Bertz CT molecular complexity index is 1150. The zero-order chi connectivity index (χ0) is 26.7. The number of benzene rings is 2. The maximum Gasteiger partial charge on any atom is 0.338 e. The van der Waals surface area contributed by atoms with Gasteiger partial charge in [-0.25, -0.2) is 9.59 Å². The molecule has 0 aliphatic heterocycles. The van der Waals surface area contributed by atoms with E-state index in [0.29, 0.717) is 16.9 Å². The van der Waals surface area contributed by atoms with Crippen molar-refractivity contribution in [2.45, 2.75) is 26.7 Å². The molecule has 0 fully saturated rings. The van der Waals surface area contributed by atoms with Crippen molar-refractivity contribution in [3.63, 3.8) is 0 Å². The van der Waals surface area contributed by atoms with Gasteiger partial charge in [0.2, 0.25) is 0 Å². The predicted molar refractivity (Wildman–Crippen MR) is 130 cm³/mol. The highest BCUT2D eigenvalue weighted by Crippen LogP contribution is 2.31. The molecule has 0 heterocycles. The normalized spacial score (nSPS) is 10.2. The van der Waals surface area contributed by atoms with E-state index in [-0.39, 0.29) is 48.7 Å². The molecule has 0 amide bonds. The van der Waals surface area contributed by atoms with Crippen molar-refractivity contribution in [2.24, 2.45) is 0 Å². The van der Waals surface area contributed by atoms with Crippen LogP contribution >= 0.6 is 0 Å². The minimum Gasteiger partial charge on any atom is -0.462 e. The molecule has 190 valence electrons. The standard InChI is InChI=1S/C27H28O9/c1-17(2)26(30)33-13-11-25(29)35-23-15-20(14-22(16-23)34-24(28)10-12-32-5)19-6-8-21(9-7-19)36-27(31)18(3)4/h6-9,14-16H,1,3,10-13H2,2,4-5H3. The maximum absolute atomic E-state index is 12.3. The summed E-state index contributed by atoms with van der Waals surface area (Å²) in [7, 11) is 1.47. The molecular formula is C27H28O9. The fourth-order valence-corrected chi connectivity index (χ4v) is 2.67. The number of hydrogen-bond acceptors (Lipinski definition) is 9. The summed E-state index contributed by atoms with van der Waals surface area (Å²) in [5.74, 6) is -1.73. The van der Waals surface area contributed by atoms with Crippen LogP contribution in [-0.4, -0.2) is 44.2 Å². The molecular weight excluding hydrogens is 468 g/mol. The van der Waals surface area contributed by atoms with Crippen molar-refractivity contribution < 1.29 is 42.9 Å². The minimum atomic E-state index is -0.652. The van der Waals surface area contributed by atoms with E-state index in [1.54, 1.807) is 43.3 Å². The molecule has 0 radical (unpaired) electrons. The third kappa shape index (κ3) is 9.19. The number of carbonyl (C=O) groups is 4. The SMILES string of the molecule is C=C(C)C(=O)OCCC(=O)Oc1cc(OC(=O)CCOC)cc(-c2ccc(OC(=O)C(=C)C)cc2)c1. The molecule has 2 aromatic rings. The zero-order valence-corrected chi connectivity index (χ0v) is 20.5. The summed E-state index contributed by atoms with van der Waals surface area (Å²) in [4.78, 5) is 47.5. The van der Waals surface area contributed by atoms with Crippen molar-refractivity contribution in [1.82, 2.24) is 0 Å². The number of hydrogen-bond donors (Lipinski definition) is 0. The Labute approximate surface area is 209 Å². The molecule has 0 saturated carbocycles. The first-order chi connectivity index (χ1) is 17.1. The highest BCUT2D eigenvalue weighted by molar-refractivity contribution is 5.89. The summed E-state index contributed by atoms with van der Waals surface area (Å²) in [5, 5.41) is 0. The van der Waals surface area contributed by atoms with E-state index in [0.717, 1.165) is 0 Å². The van der Waals surface area contributed by atoms with E-state index in [9.17, 15) is 19.2 Å². The Morgan fingerprint density at radius 2 is 1.19 bits per heavy atom. The average Bonchev–Trinajstić information content (AvgIpc) is 2.82. The second kappa shape index (κ2) is 13.6. The van der Waals surface area contributed by atoms with Crippen molar-refractivity contribution in [3.8, 4) is 28.4 Å². The lowest BCUT2D eigenvalue weighted by atomic mass is 10.0. The highest BCUT2D eigenvalue weighted by atomic mass is 16.6. The Balaban J connectivity index is 2.23. The first-order valence-corrected chi connectivity index (χ1v) is 10.9. The van der Waals surface area contributed by atoms with Crippen LogP contribution in [0.2, 0.25) is 0 Å².